The van der Waals surface area contributed by atoms with Crippen LogP contribution in [-0.4, -0.2) is 28.9 Å². The summed E-state index contributed by atoms with van der Waals surface area (Å²) in [5, 5.41) is 1.61. The average Bonchev–Trinajstić information content (AvgIpc) is 2.71. The number of carbonyl (C=O) groups is 1. The van der Waals surface area contributed by atoms with E-state index in [1.54, 1.807) is 18.2 Å². The molecule has 0 saturated carbocycles. The summed E-state index contributed by atoms with van der Waals surface area (Å²) in [7, 11) is 0. The molecule has 3 rings (SSSR count). The van der Waals surface area contributed by atoms with Gasteiger partial charge in [0.2, 0.25) is 0 Å². The first kappa shape index (κ1) is 23.9. The molecule has 1 heterocycles. The van der Waals surface area contributed by atoms with Crippen LogP contribution in [-0.2, 0) is 6.54 Å². The minimum Gasteiger partial charge on any atom is -0.489 e. The zero-order chi connectivity index (χ0) is 22.5. The molecular weight excluding hydrogens is 509 g/mol. The van der Waals surface area contributed by atoms with Crippen molar-refractivity contribution in [1.29, 1.82) is 0 Å². The summed E-state index contributed by atoms with van der Waals surface area (Å²) in [6.45, 7) is 0.388. The lowest BCUT2D eigenvalue weighted by molar-refractivity contribution is 0.0715. The van der Waals surface area contributed by atoms with Gasteiger partial charge in [0.25, 0.3) is 5.91 Å². The normalized spacial score (nSPS) is 10.8. The standard InChI is InChI=1S/C21H14Cl5FN2O2/c22-14-7-18(25)20(19(26)8-14)31-4-3-29(11-12-1-2-16(23)17(24)5-12)21(30)13-6-15(27)10-28-9-13/h1-2,5-10H,3-4,11H2. The second kappa shape index (κ2) is 10.7. The predicted molar refractivity (Wildman–Crippen MR) is 122 cm³/mol. The Balaban J connectivity index is 1.79. The third-order valence-corrected chi connectivity index (χ3v) is 5.69. The maximum atomic E-state index is 13.6. The topological polar surface area (TPSA) is 42.4 Å². The van der Waals surface area contributed by atoms with E-state index in [1.165, 1.54) is 23.2 Å². The van der Waals surface area contributed by atoms with E-state index in [2.05, 4.69) is 4.98 Å². The smallest absolute Gasteiger partial charge is 0.255 e. The summed E-state index contributed by atoms with van der Waals surface area (Å²) in [5.74, 6) is -0.798. The van der Waals surface area contributed by atoms with Crippen molar-refractivity contribution in [2.75, 3.05) is 13.2 Å². The van der Waals surface area contributed by atoms with E-state index in [0.29, 0.717) is 15.1 Å². The third-order valence-electron chi connectivity index (χ3n) is 4.17. The van der Waals surface area contributed by atoms with Crippen molar-refractivity contribution in [3.8, 4) is 5.75 Å². The highest BCUT2D eigenvalue weighted by molar-refractivity contribution is 6.42. The number of carbonyl (C=O) groups excluding carboxylic acids is 1. The molecule has 0 bridgehead atoms. The van der Waals surface area contributed by atoms with Crippen molar-refractivity contribution in [3.05, 3.63) is 90.8 Å². The molecule has 4 nitrogen and oxygen atoms in total. The molecule has 0 aliphatic carbocycles. The minimum atomic E-state index is -0.615. The number of nitrogens with zero attached hydrogens (tertiary/aromatic N) is 2. The summed E-state index contributed by atoms with van der Waals surface area (Å²) in [5.41, 5.74) is 0.831. The van der Waals surface area contributed by atoms with Crippen molar-refractivity contribution in [2.24, 2.45) is 0 Å². The van der Waals surface area contributed by atoms with E-state index in [0.717, 1.165) is 17.8 Å². The zero-order valence-corrected chi connectivity index (χ0v) is 19.5. The summed E-state index contributed by atoms with van der Waals surface area (Å²) in [6, 6.07) is 9.15. The van der Waals surface area contributed by atoms with Gasteiger partial charge >= 0.3 is 0 Å². The molecule has 31 heavy (non-hydrogen) atoms. The second-order valence-electron chi connectivity index (χ2n) is 6.41. The van der Waals surface area contributed by atoms with Gasteiger partial charge in [0, 0.05) is 17.8 Å². The van der Waals surface area contributed by atoms with E-state index in [1.807, 2.05) is 0 Å². The molecule has 10 heteroatoms. The van der Waals surface area contributed by atoms with Gasteiger partial charge in [-0.3, -0.25) is 9.78 Å². The van der Waals surface area contributed by atoms with Crippen LogP contribution in [0.25, 0.3) is 0 Å². The molecule has 0 N–H and O–H groups in total. The highest BCUT2D eigenvalue weighted by atomic mass is 35.5. The molecule has 0 saturated heterocycles. The van der Waals surface area contributed by atoms with E-state index in [-0.39, 0.29) is 41.1 Å². The molecule has 0 spiro atoms. The lowest BCUT2D eigenvalue weighted by atomic mass is 10.2. The van der Waals surface area contributed by atoms with Crippen LogP contribution in [0.5, 0.6) is 5.75 Å². The van der Waals surface area contributed by atoms with E-state index < -0.39 is 11.7 Å². The number of benzene rings is 2. The van der Waals surface area contributed by atoms with Gasteiger partial charge in [-0.15, -0.1) is 0 Å². The fraction of sp³-hybridized carbons (Fsp3) is 0.143. The Morgan fingerprint density at radius 3 is 2.29 bits per heavy atom. The highest BCUT2D eigenvalue weighted by Gasteiger charge is 2.19. The highest BCUT2D eigenvalue weighted by Crippen LogP contribution is 2.35. The molecule has 0 atom stereocenters. The van der Waals surface area contributed by atoms with Crippen LogP contribution in [0.3, 0.4) is 0 Å². The van der Waals surface area contributed by atoms with Gasteiger partial charge in [0.15, 0.2) is 5.75 Å². The molecule has 0 radical (unpaired) electrons. The first-order valence-electron chi connectivity index (χ1n) is 8.85. The Morgan fingerprint density at radius 1 is 0.935 bits per heavy atom. The molecule has 0 unspecified atom stereocenters. The fourth-order valence-electron chi connectivity index (χ4n) is 2.75. The van der Waals surface area contributed by atoms with E-state index in [9.17, 15) is 9.18 Å². The minimum absolute atomic E-state index is 0.0663. The number of pyridine rings is 1. The number of hydrogen-bond donors (Lipinski definition) is 0. The first-order valence-corrected chi connectivity index (χ1v) is 10.7. The van der Waals surface area contributed by atoms with Crippen LogP contribution in [0.2, 0.25) is 25.1 Å². The lowest BCUT2D eigenvalue weighted by Crippen LogP contribution is -2.34. The van der Waals surface area contributed by atoms with Crippen molar-refractivity contribution >= 4 is 63.9 Å². The molecule has 162 valence electrons. The summed E-state index contributed by atoms with van der Waals surface area (Å²) in [4.78, 5) is 18.2. The quantitative estimate of drug-likeness (QED) is 0.329. The van der Waals surface area contributed by atoms with Gasteiger partial charge < -0.3 is 9.64 Å². The van der Waals surface area contributed by atoms with Crippen LogP contribution in [0, 0.1) is 5.82 Å². The van der Waals surface area contributed by atoms with Gasteiger partial charge in [-0.25, -0.2) is 4.39 Å². The Kier molecular flexibility index (Phi) is 8.25. The van der Waals surface area contributed by atoms with Gasteiger partial charge in [-0.2, -0.15) is 0 Å². The number of rotatable bonds is 7. The zero-order valence-electron chi connectivity index (χ0n) is 15.7. The van der Waals surface area contributed by atoms with Crippen molar-refractivity contribution in [3.63, 3.8) is 0 Å². The van der Waals surface area contributed by atoms with Crippen LogP contribution in [0.1, 0.15) is 15.9 Å². The van der Waals surface area contributed by atoms with E-state index in [4.69, 9.17) is 62.7 Å². The largest absolute Gasteiger partial charge is 0.489 e. The molecule has 1 amide bonds. The van der Waals surface area contributed by atoms with Crippen molar-refractivity contribution in [2.45, 2.75) is 6.54 Å². The van der Waals surface area contributed by atoms with Crippen molar-refractivity contribution in [1.82, 2.24) is 9.88 Å². The molecular formula is C21H14Cl5FN2O2. The van der Waals surface area contributed by atoms with Gasteiger partial charge in [0.05, 0.1) is 38.4 Å². The molecule has 0 aliphatic rings. The molecule has 1 aromatic heterocycles. The lowest BCUT2D eigenvalue weighted by Gasteiger charge is -2.23. The Morgan fingerprint density at radius 2 is 1.65 bits per heavy atom. The summed E-state index contributed by atoms with van der Waals surface area (Å²) >= 11 is 30.2. The monoisotopic (exact) mass is 520 g/mol. The van der Waals surface area contributed by atoms with E-state index >= 15 is 0 Å². The summed E-state index contributed by atoms with van der Waals surface area (Å²) in [6.07, 6.45) is 2.31. The Labute approximate surface area is 203 Å². The maximum Gasteiger partial charge on any atom is 0.255 e. The molecule has 2 aromatic carbocycles. The number of halogens is 6. The number of ether oxygens (including phenoxy) is 1. The number of amides is 1. The van der Waals surface area contributed by atoms with Gasteiger partial charge in [0.1, 0.15) is 12.4 Å². The maximum absolute atomic E-state index is 13.6. The third kappa shape index (κ3) is 6.37. The van der Waals surface area contributed by atoms with Gasteiger partial charge in [-0.05, 0) is 35.9 Å². The Hall–Kier alpha value is -1.76. The van der Waals surface area contributed by atoms with Crippen LogP contribution >= 0.6 is 58.0 Å². The van der Waals surface area contributed by atoms with Crippen LogP contribution in [0.4, 0.5) is 4.39 Å². The first-order chi connectivity index (χ1) is 14.7. The Bertz CT molecular complexity index is 1090. The predicted octanol–water partition coefficient (Wildman–Crippen LogP) is 7.21. The fourth-order valence-corrected chi connectivity index (χ4v) is 3.99. The molecule has 0 aliphatic heterocycles. The number of aromatic nitrogens is 1. The number of hydrogen-bond acceptors (Lipinski definition) is 3. The average molecular weight is 523 g/mol. The molecule has 0 fully saturated rings. The summed E-state index contributed by atoms with van der Waals surface area (Å²) < 4.78 is 19.3. The molecule has 3 aromatic rings. The SMILES string of the molecule is O=C(c1cncc(F)c1)N(CCOc1c(Cl)cc(Cl)cc1Cl)Cc1ccc(Cl)c(Cl)c1. The van der Waals surface area contributed by atoms with Crippen LogP contribution < -0.4 is 4.74 Å². The van der Waals surface area contributed by atoms with Gasteiger partial charge in [-0.1, -0.05) is 64.1 Å². The second-order valence-corrected chi connectivity index (χ2v) is 8.48. The van der Waals surface area contributed by atoms with Crippen molar-refractivity contribution < 1.29 is 13.9 Å². The van der Waals surface area contributed by atoms with Crippen LogP contribution in [0.15, 0.2) is 48.8 Å².